The third-order valence-electron chi connectivity index (χ3n) is 2.91. The lowest BCUT2D eigenvalue weighted by atomic mass is 10.1. The van der Waals surface area contributed by atoms with E-state index in [1.807, 2.05) is 0 Å². The lowest BCUT2D eigenvalue weighted by molar-refractivity contribution is 0.354. The number of hydrogen-bond donors (Lipinski definition) is 1. The van der Waals surface area contributed by atoms with Gasteiger partial charge in [0.25, 0.3) is 0 Å². The van der Waals surface area contributed by atoms with Gasteiger partial charge in [-0.05, 0) is 35.4 Å². The van der Waals surface area contributed by atoms with E-state index >= 15 is 0 Å². The number of benzene rings is 1. The van der Waals surface area contributed by atoms with Gasteiger partial charge in [0.2, 0.25) is 5.28 Å². The topological polar surface area (TPSA) is 47.0 Å². The summed E-state index contributed by atoms with van der Waals surface area (Å²) in [4.78, 5) is 7.94. The number of fused-ring (bicyclic) bond motifs is 1. The molecule has 0 aliphatic carbocycles. The molecular weight excluding hydrogens is 330 g/mol. The fraction of sp³-hybridized carbons (Fsp3) is 0.231. The molecular formula is C13H11BrClN3O. The zero-order chi connectivity index (χ0) is 13.2. The lowest BCUT2D eigenvalue weighted by Crippen LogP contribution is -2.03. The van der Waals surface area contributed by atoms with Crippen LogP contribution in [0.1, 0.15) is 11.1 Å². The molecule has 3 rings (SSSR count). The number of rotatable bonds is 3. The van der Waals surface area contributed by atoms with Gasteiger partial charge in [0.1, 0.15) is 11.6 Å². The van der Waals surface area contributed by atoms with Crippen LogP contribution in [0, 0.1) is 0 Å². The van der Waals surface area contributed by atoms with Crippen LogP contribution in [-0.2, 0) is 13.0 Å². The second kappa shape index (κ2) is 5.35. The molecule has 19 heavy (non-hydrogen) atoms. The van der Waals surface area contributed by atoms with Crippen LogP contribution in [-0.4, -0.2) is 16.6 Å². The highest BCUT2D eigenvalue weighted by molar-refractivity contribution is 9.10. The zero-order valence-corrected chi connectivity index (χ0v) is 12.3. The Hall–Kier alpha value is -1.33. The first-order valence-electron chi connectivity index (χ1n) is 5.89. The Bertz CT molecular complexity index is 621. The molecule has 0 atom stereocenters. The number of hydrogen-bond acceptors (Lipinski definition) is 4. The number of ether oxygens (including phenoxy) is 1. The van der Waals surface area contributed by atoms with E-state index in [1.165, 1.54) is 5.56 Å². The van der Waals surface area contributed by atoms with Gasteiger partial charge in [-0.15, -0.1) is 0 Å². The minimum Gasteiger partial charge on any atom is -0.493 e. The standard InChI is InChI=1S/C13H11BrClN3O/c14-10-5-8-2-4-19-12(8)9(6-10)7-17-11-1-3-16-13(15)18-11/h1,3,5-6H,2,4,7H2,(H,16,17,18). The third kappa shape index (κ3) is 2.82. The number of aromatic nitrogens is 2. The number of nitrogens with one attached hydrogen (secondary N) is 1. The summed E-state index contributed by atoms with van der Waals surface area (Å²) in [6.07, 6.45) is 2.58. The summed E-state index contributed by atoms with van der Waals surface area (Å²) < 4.78 is 6.74. The molecule has 0 bridgehead atoms. The average molecular weight is 341 g/mol. The summed E-state index contributed by atoms with van der Waals surface area (Å²) >= 11 is 9.27. The maximum absolute atomic E-state index is 5.75. The van der Waals surface area contributed by atoms with Crippen molar-refractivity contribution in [3.63, 3.8) is 0 Å². The summed E-state index contributed by atoms with van der Waals surface area (Å²) in [5.41, 5.74) is 2.35. The molecule has 0 saturated heterocycles. The lowest BCUT2D eigenvalue weighted by Gasteiger charge is -2.10. The quantitative estimate of drug-likeness (QED) is 0.870. The second-order valence-corrected chi connectivity index (χ2v) is 5.47. The Morgan fingerprint density at radius 2 is 2.32 bits per heavy atom. The van der Waals surface area contributed by atoms with Gasteiger partial charge in [-0.2, -0.15) is 0 Å². The van der Waals surface area contributed by atoms with Crippen LogP contribution >= 0.6 is 27.5 Å². The fourth-order valence-electron chi connectivity index (χ4n) is 2.10. The average Bonchev–Trinajstić information content (AvgIpc) is 2.84. The molecule has 1 N–H and O–H groups in total. The van der Waals surface area contributed by atoms with Crippen molar-refractivity contribution in [1.82, 2.24) is 9.97 Å². The highest BCUT2D eigenvalue weighted by atomic mass is 79.9. The summed E-state index contributed by atoms with van der Waals surface area (Å²) in [6, 6.07) is 5.94. The van der Waals surface area contributed by atoms with Crippen molar-refractivity contribution in [1.29, 1.82) is 0 Å². The van der Waals surface area contributed by atoms with E-state index in [0.717, 1.165) is 28.8 Å². The van der Waals surface area contributed by atoms with E-state index in [0.29, 0.717) is 12.4 Å². The van der Waals surface area contributed by atoms with E-state index in [1.54, 1.807) is 12.3 Å². The zero-order valence-electron chi connectivity index (χ0n) is 9.99. The molecule has 1 aromatic carbocycles. The minimum absolute atomic E-state index is 0.237. The first-order valence-corrected chi connectivity index (χ1v) is 7.06. The van der Waals surface area contributed by atoms with Crippen LogP contribution in [0.3, 0.4) is 0 Å². The SMILES string of the molecule is Clc1nccc(NCc2cc(Br)cc3c2OCC3)n1. The van der Waals surface area contributed by atoms with Gasteiger partial charge < -0.3 is 10.1 Å². The Balaban J connectivity index is 1.81. The molecule has 0 radical (unpaired) electrons. The summed E-state index contributed by atoms with van der Waals surface area (Å²) in [5, 5.41) is 3.46. The summed E-state index contributed by atoms with van der Waals surface area (Å²) in [5.74, 6) is 1.68. The first-order chi connectivity index (χ1) is 9.22. The van der Waals surface area contributed by atoms with E-state index < -0.39 is 0 Å². The van der Waals surface area contributed by atoms with Gasteiger partial charge >= 0.3 is 0 Å². The molecule has 0 saturated carbocycles. The molecule has 1 aromatic heterocycles. The predicted octanol–water partition coefficient (Wildman–Crippen LogP) is 3.44. The van der Waals surface area contributed by atoms with E-state index in [9.17, 15) is 0 Å². The first kappa shape index (κ1) is 12.7. The van der Waals surface area contributed by atoms with Crippen molar-refractivity contribution in [2.45, 2.75) is 13.0 Å². The number of halogens is 2. The van der Waals surface area contributed by atoms with Gasteiger partial charge in [0, 0.05) is 29.2 Å². The molecule has 2 aromatic rings. The minimum atomic E-state index is 0.237. The molecule has 98 valence electrons. The van der Waals surface area contributed by atoms with Crippen LogP contribution in [0.25, 0.3) is 0 Å². The molecule has 1 aliphatic heterocycles. The monoisotopic (exact) mass is 339 g/mol. The summed E-state index contributed by atoms with van der Waals surface area (Å²) in [7, 11) is 0. The van der Waals surface area contributed by atoms with Gasteiger partial charge in [-0.3, -0.25) is 0 Å². The molecule has 2 heterocycles. The van der Waals surface area contributed by atoms with Gasteiger partial charge in [-0.1, -0.05) is 15.9 Å². The Kier molecular flexibility index (Phi) is 3.57. The molecule has 0 spiro atoms. The van der Waals surface area contributed by atoms with E-state index in [-0.39, 0.29) is 5.28 Å². The molecule has 1 aliphatic rings. The Labute approximate surface area is 124 Å². The van der Waals surface area contributed by atoms with Crippen molar-refractivity contribution in [3.8, 4) is 5.75 Å². The van der Waals surface area contributed by atoms with E-state index in [2.05, 4.69) is 43.3 Å². The molecule has 0 unspecified atom stereocenters. The highest BCUT2D eigenvalue weighted by Crippen LogP contribution is 2.33. The van der Waals surface area contributed by atoms with Crippen LogP contribution < -0.4 is 10.1 Å². The maximum atomic E-state index is 5.75. The van der Waals surface area contributed by atoms with Crippen LogP contribution in [0.15, 0.2) is 28.9 Å². The third-order valence-corrected chi connectivity index (χ3v) is 3.55. The Morgan fingerprint density at radius 1 is 1.42 bits per heavy atom. The van der Waals surface area contributed by atoms with Gasteiger partial charge in [0.05, 0.1) is 6.61 Å². The smallest absolute Gasteiger partial charge is 0.224 e. The van der Waals surface area contributed by atoms with Crippen molar-refractivity contribution >= 4 is 33.3 Å². The van der Waals surface area contributed by atoms with Crippen molar-refractivity contribution in [3.05, 3.63) is 45.3 Å². The van der Waals surface area contributed by atoms with Crippen molar-refractivity contribution in [2.24, 2.45) is 0 Å². The fourth-order valence-corrected chi connectivity index (χ4v) is 2.80. The molecule has 0 amide bonds. The van der Waals surface area contributed by atoms with Gasteiger partial charge in [-0.25, -0.2) is 9.97 Å². The number of nitrogens with zero attached hydrogens (tertiary/aromatic N) is 2. The normalized spacial score (nSPS) is 12.9. The van der Waals surface area contributed by atoms with Gasteiger partial charge in [0.15, 0.2) is 0 Å². The largest absolute Gasteiger partial charge is 0.493 e. The summed E-state index contributed by atoms with van der Waals surface area (Å²) in [6.45, 7) is 1.38. The second-order valence-electron chi connectivity index (χ2n) is 4.22. The molecule has 4 nitrogen and oxygen atoms in total. The highest BCUT2D eigenvalue weighted by Gasteiger charge is 2.17. The van der Waals surface area contributed by atoms with E-state index in [4.69, 9.17) is 16.3 Å². The maximum Gasteiger partial charge on any atom is 0.224 e. The molecule has 0 fully saturated rings. The number of anilines is 1. The Morgan fingerprint density at radius 3 is 3.16 bits per heavy atom. The van der Waals surface area contributed by atoms with Crippen LogP contribution in [0.4, 0.5) is 5.82 Å². The van der Waals surface area contributed by atoms with Crippen LogP contribution in [0.5, 0.6) is 5.75 Å². The van der Waals surface area contributed by atoms with Crippen molar-refractivity contribution < 1.29 is 4.74 Å². The van der Waals surface area contributed by atoms with Crippen LogP contribution in [0.2, 0.25) is 5.28 Å². The van der Waals surface area contributed by atoms with Crippen molar-refractivity contribution in [2.75, 3.05) is 11.9 Å². The molecule has 6 heteroatoms. The predicted molar refractivity (Wildman–Crippen MR) is 77.7 cm³/mol.